The summed E-state index contributed by atoms with van der Waals surface area (Å²) >= 11 is 0. The maximum absolute atomic E-state index is 12.1. The summed E-state index contributed by atoms with van der Waals surface area (Å²) in [5, 5.41) is 18.0. The Morgan fingerprint density at radius 2 is 1.84 bits per heavy atom. The molecule has 0 saturated heterocycles. The average molecular weight is 439 g/mol. The molecule has 1 amide bonds. The Balaban J connectivity index is 1.92. The number of carbonyl (C=O) groups excluding carboxylic acids is 1. The molecule has 0 spiro atoms. The number of likely N-dealkylation sites (N-methyl/N-ethyl adjacent to an activating group) is 1. The third-order valence-electron chi connectivity index (χ3n) is 4.88. The highest BCUT2D eigenvalue weighted by Gasteiger charge is 2.20. The van der Waals surface area contributed by atoms with Crippen molar-refractivity contribution in [2.75, 3.05) is 43.9 Å². The van der Waals surface area contributed by atoms with E-state index in [9.17, 15) is 19.5 Å². The molecule has 0 aliphatic carbocycles. The van der Waals surface area contributed by atoms with Crippen molar-refractivity contribution in [2.24, 2.45) is 0 Å². The van der Waals surface area contributed by atoms with Crippen LogP contribution in [0.15, 0.2) is 76.0 Å². The SMILES string of the molecule is C=C(/C=C\C=C(/CO)C(=O)NCCN(C)CC)Nc1c(NCc2ccccc2)c(=O)c1=O. The molecule has 0 saturated carbocycles. The van der Waals surface area contributed by atoms with Crippen LogP contribution in [0.2, 0.25) is 0 Å². The molecular formula is C24H30N4O4. The van der Waals surface area contributed by atoms with Crippen LogP contribution in [-0.4, -0.2) is 49.2 Å². The van der Waals surface area contributed by atoms with Crippen molar-refractivity contribution < 1.29 is 9.90 Å². The van der Waals surface area contributed by atoms with Gasteiger partial charge in [-0.25, -0.2) is 0 Å². The molecule has 2 rings (SSSR count). The fourth-order valence-electron chi connectivity index (χ4n) is 2.78. The third kappa shape index (κ3) is 7.04. The molecule has 2 aromatic carbocycles. The van der Waals surface area contributed by atoms with E-state index in [0.29, 0.717) is 25.3 Å². The minimum atomic E-state index is -0.613. The van der Waals surface area contributed by atoms with Gasteiger partial charge < -0.3 is 26.0 Å². The number of anilines is 2. The van der Waals surface area contributed by atoms with Crippen LogP contribution in [0.1, 0.15) is 12.5 Å². The van der Waals surface area contributed by atoms with E-state index in [1.54, 1.807) is 12.2 Å². The highest BCUT2D eigenvalue weighted by atomic mass is 16.3. The topological polar surface area (TPSA) is 111 Å². The Morgan fingerprint density at radius 3 is 2.50 bits per heavy atom. The van der Waals surface area contributed by atoms with Crippen LogP contribution >= 0.6 is 0 Å². The molecule has 8 nitrogen and oxygen atoms in total. The van der Waals surface area contributed by atoms with E-state index in [2.05, 4.69) is 27.4 Å². The number of amides is 1. The molecule has 0 fully saturated rings. The minimum Gasteiger partial charge on any atom is -0.391 e. The Labute approximate surface area is 187 Å². The predicted octanol–water partition coefficient (Wildman–Crippen LogP) is 1.36. The van der Waals surface area contributed by atoms with E-state index >= 15 is 0 Å². The standard InChI is InChI=1S/C24H30N4O4/c1-4-28(3)14-13-25-24(32)19(16-29)12-8-9-17(2)27-21-20(22(30)23(21)31)26-15-18-10-6-5-7-11-18/h5-12,26-27,29H,2,4,13-16H2,1,3H3,(H,25,32)/b9-8-,19-12+. The van der Waals surface area contributed by atoms with Crippen LogP contribution in [-0.2, 0) is 11.3 Å². The lowest BCUT2D eigenvalue weighted by Crippen LogP contribution is -2.37. The fraction of sp³-hybridized carbons (Fsp3) is 0.292. The van der Waals surface area contributed by atoms with Crippen molar-refractivity contribution in [1.82, 2.24) is 10.2 Å². The Morgan fingerprint density at radius 1 is 1.16 bits per heavy atom. The molecule has 8 heteroatoms. The van der Waals surface area contributed by atoms with Crippen LogP contribution in [0.25, 0.3) is 0 Å². The maximum Gasteiger partial charge on any atom is 0.253 e. The molecule has 0 bridgehead atoms. The summed E-state index contributed by atoms with van der Waals surface area (Å²) < 4.78 is 0. The van der Waals surface area contributed by atoms with E-state index < -0.39 is 17.5 Å². The number of aliphatic hydroxyl groups excluding tert-OH is 1. The van der Waals surface area contributed by atoms with Gasteiger partial charge >= 0.3 is 0 Å². The Hall–Kier alpha value is -3.49. The van der Waals surface area contributed by atoms with Gasteiger partial charge in [-0.05, 0) is 25.2 Å². The summed E-state index contributed by atoms with van der Waals surface area (Å²) in [5.41, 5.74) is 0.727. The van der Waals surface area contributed by atoms with Gasteiger partial charge in [0.15, 0.2) is 0 Å². The van der Waals surface area contributed by atoms with Gasteiger partial charge in [-0.15, -0.1) is 0 Å². The van der Waals surface area contributed by atoms with Crippen molar-refractivity contribution in [1.29, 1.82) is 0 Å². The molecule has 32 heavy (non-hydrogen) atoms. The first-order valence-corrected chi connectivity index (χ1v) is 10.4. The van der Waals surface area contributed by atoms with Gasteiger partial charge in [0.1, 0.15) is 11.4 Å². The van der Waals surface area contributed by atoms with Crippen molar-refractivity contribution in [3.63, 3.8) is 0 Å². The molecule has 2 aromatic rings. The van der Waals surface area contributed by atoms with Crippen LogP contribution in [0, 0.1) is 0 Å². The first kappa shape index (κ1) is 24.8. The van der Waals surface area contributed by atoms with Crippen LogP contribution in [0.5, 0.6) is 0 Å². The quantitative estimate of drug-likeness (QED) is 0.212. The van der Waals surface area contributed by atoms with Crippen LogP contribution in [0.3, 0.4) is 0 Å². The number of aliphatic hydroxyl groups is 1. The van der Waals surface area contributed by atoms with E-state index in [1.165, 1.54) is 6.08 Å². The lowest BCUT2D eigenvalue weighted by Gasteiger charge is -2.15. The van der Waals surface area contributed by atoms with Crippen molar-refractivity contribution in [3.05, 3.63) is 92.4 Å². The molecule has 0 radical (unpaired) electrons. The molecule has 170 valence electrons. The fourth-order valence-corrected chi connectivity index (χ4v) is 2.78. The van der Waals surface area contributed by atoms with Gasteiger partial charge in [-0.1, -0.05) is 56.0 Å². The molecule has 0 unspecified atom stereocenters. The molecule has 4 N–H and O–H groups in total. The van der Waals surface area contributed by atoms with Crippen LogP contribution < -0.4 is 26.8 Å². The second kappa shape index (κ2) is 12.4. The summed E-state index contributed by atoms with van der Waals surface area (Å²) in [4.78, 5) is 38.0. The van der Waals surface area contributed by atoms with Gasteiger partial charge in [0.2, 0.25) is 5.91 Å². The summed E-state index contributed by atoms with van der Waals surface area (Å²) in [6.07, 6.45) is 4.56. The third-order valence-corrected chi connectivity index (χ3v) is 4.88. The van der Waals surface area contributed by atoms with Gasteiger partial charge in [0.25, 0.3) is 10.9 Å². The second-order valence-corrected chi connectivity index (χ2v) is 7.26. The van der Waals surface area contributed by atoms with Crippen molar-refractivity contribution >= 4 is 17.3 Å². The lowest BCUT2D eigenvalue weighted by atomic mass is 10.1. The minimum absolute atomic E-state index is 0.157. The summed E-state index contributed by atoms with van der Waals surface area (Å²) in [6, 6.07) is 9.51. The summed E-state index contributed by atoms with van der Waals surface area (Å²) in [7, 11) is 1.95. The molecule has 0 heterocycles. The Bertz CT molecular complexity index is 1050. The zero-order valence-corrected chi connectivity index (χ0v) is 18.5. The van der Waals surface area contributed by atoms with Gasteiger partial charge in [-0.2, -0.15) is 0 Å². The normalized spacial score (nSPS) is 11.8. The molecule has 0 aromatic heterocycles. The molecule has 0 aliphatic rings. The number of allylic oxidation sites excluding steroid dienone is 3. The van der Waals surface area contributed by atoms with Crippen molar-refractivity contribution in [3.8, 4) is 0 Å². The monoisotopic (exact) mass is 438 g/mol. The predicted molar refractivity (Wildman–Crippen MR) is 128 cm³/mol. The number of hydrogen-bond donors (Lipinski definition) is 4. The average Bonchev–Trinajstić information content (AvgIpc) is 2.81. The van der Waals surface area contributed by atoms with Gasteiger partial charge in [0, 0.05) is 30.9 Å². The second-order valence-electron chi connectivity index (χ2n) is 7.26. The zero-order chi connectivity index (χ0) is 23.5. The number of hydrogen-bond acceptors (Lipinski definition) is 7. The number of benzene rings is 1. The lowest BCUT2D eigenvalue weighted by molar-refractivity contribution is -0.117. The maximum atomic E-state index is 12.1. The van der Waals surface area contributed by atoms with Crippen LogP contribution in [0.4, 0.5) is 11.4 Å². The van der Waals surface area contributed by atoms with E-state index in [4.69, 9.17) is 0 Å². The summed E-state index contributed by atoms with van der Waals surface area (Å²) in [6.45, 7) is 7.90. The largest absolute Gasteiger partial charge is 0.391 e. The summed E-state index contributed by atoms with van der Waals surface area (Å²) in [5.74, 6) is -0.352. The van der Waals surface area contributed by atoms with Gasteiger partial charge in [-0.3, -0.25) is 14.4 Å². The number of rotatable bonds is 13. The van der Waals surface area contributed by atoms with Crippen molar-refractivity contribution in [2.45, 2.75) is 13.5 Å². The molecular weight excluding hydrogens is 408 g/mol. The molecule has 0 aliphatic heterocycles. The Kier molecular flexibility index (Phi) is 9.59. The van der Waals surface area contributed by atoms with E-state index in [-0.39, 0.29) is 22.9 Å². The van der Waals surface area contributed by atoms with Gasteiger partial charge in [0.05, 0.1) is 6.61 Å². The number of nitrogens with one attached hydrogen (secondary N) is 3. The number of nitrogens with zero attached hydrogens (tertiary/aromatic N) is 1. The highest BCUT2D eigenvalue weighted by Crippen LogP contribution is 2.17. The smallest absolute Gasteiger partial charge is 0.253 e. The first-order chi connectivity index (χ1) is 15.4. The number of carbonyl (C=O) groups is 1. The first-order valence-electron chi connectivity index (χ1n) is 10.4. The zero-order valence-electron chi connectivity index (χ0n) is 18.5. The molecule has 0 atom stereocenters. The van der Waals surface area contributed by atoms with E-state index in [0.717, 1.165) is 12.1 Å². The highest BCUT2D eigenvalue weighted by molar-refractivity contribution is 5.93. The van der Waals surface area contributed by atoms with E-state index in [1.807, 2.05) is 44.3 Å².